The molecule has 0 saturated heterocycles. The van der Waals surface area contributed by atoms with E-state index in [1.165, 1.54) is 13.4 Å². The van der Waals surface area contributed by atoms with E-state index in [0.717, 1.165) is 11.1 Å². The number of aliphatic hydroxyl groups excluding tert-OH is 3. The summed E-state index contributed by atoms with van der Waals surface area (Å²) >= 11 is 6.22. The fraction of sp³-hybridized carbons (Fsp3) is 0.391. The van der Waals surface area contributed by atoms with Crippen LogP contribution in [0.15, 0.2) is 30.6 Å². The van der Waals surface area contributed by atoms with Gasteiger partial charge in [-0.05, 0) is 29.1 Å². The van der Waals surface area contributed by atoms with Crippen LogP contribution in [0.3, 0.4) is 0 Å². The maximum absolute atomic E-state index is 12.4. The predicted octanol–water partition coefficient (Wildman–Crippen LogP) is 0.996. The van der Waals surface area contributed by atoms with Crippen molar-refractivity contribution in [2.45, 2.75) is 37.6 Å². The zero-order valence-corrected chi connectivity index (χ0v) is 19.0. The van der Waals surface area contributed by atoms with Gasteiger partial charge in [-0.1, -0.05) is 30.2 Å². The van der Waals surface area contributed by atoms with Gasteiger partial charge in [0.05, 0.1) is 23.9 Å². The van der Waals surface area contributed by atoms with Crippen LogP contribution >= 0.6 is 11.6 Å². The third-order valence-electron chi connectivity index (χ3n) is 6.86. The van der Waals surface area contributed by atoms with Crippen LogP contribution in [0.25, 0.3) is 11.2 Å². The second-order valence-corrected chi connectivity index (χ2v) is 9.00. The minimum Gasteiger partial charge on any atom is -0.462 e. The molecule has 10 nitrogen and oxygen atoms in total. The highest BCUT2D eigenvalue weighted by atomic mass is 35.5. The van der Waals surface area contributed by atoms with Crippen molar-refractivity contribution in [3.63, 3.8) is 0 Å². The number of benzene rings is 1. The monoisotopic (exact) mass is 482 g/mol. The lowest BCUT2D eigenvalue weighted by Crippen LogP contribution is -2.41. The van der Waals surface area contributed by atoms with Gasteiger partial charge in [-0.25, -0.2) is 4.98 Å². The van der Waals surface area contributed by atoms with Crippen LogP contribution in [-0.4, -0.2) is 60.0 Å². The first-order valence-electron chi connectivity index (χ1n) is 10.8. The minimum atomic E-state index is -1.18. The second-order valence-electron chi connectivity index (χ2n) is 8.66. The van der Waals surface area contributed by atoms with Crippen molar-refractivity contribution in [3.05, 3.63) is 47.0 Å². The van der Waals surface area contributed by atoms with E-state index in [9.17, 15) is 15.0 Å². The second kappa shape index (κ2) is 8.43. The van der Waals surface area contributed by atoms with Crippen molar-refractivity contribution >= 4 is 34.5 Å². The van der Waals surface area contributed by atoms with E-state index in [1.54, 1.807) is 4.57 Å². The summed E-state index contributed by atoms with van der Waals surface area (Å²) in [7, 11) is 1.52. The third kappa shape index (κ3) is 3.44. The largest absolute Gasteiger partial charge is 0.462 e. The van der Waals surface area contributed by atoms with Crippen molar-refractivity contribution in [2.75, 3.05) is 12.4 Å². The number of aliphatic hydroxyl groups is 3. The average Bonchev–Trinajstić information content (AvgIpc) is 3.38. The van der Waals surface area contributed by atoms with Gasteiger partial charge in [0.1, 0.15) is 12.2 Å². The zero-order chi connectivity index (χ0) is 24.0. The van der Waals surface area contributed by atoms with Crippen LogP contribution in [0, 0.1) is 23.4 Å². The summed E-state index contributed by atoms with van der Waals surface area (Å²) in [5.41, 5.74) is 1.81. The van der Waals surface area contributed by atoms with Crippen molar-refractivity contribution < 1.29 is 20.1 Å². The van der Waals surface area contributed by atoms with Crippen LogP contribution in [0.2, 0.25) is 5.28 Å². The van der Waals surface area contributed by atoms with E-state index in [0.29, 0.717) is 36.4 Å². The van der Waals surface area contributed by atoms with E-state index >= 15 is 0 Å². The fourth-order valence-corrected chi connectivity index (χ4v) is 5.36. The first kappa shape index (κ1) is 22.4. The van der Waals surface area contributed by atoms with E-state index in [1.807, 2.05) is 30.4 Å². The highest BCUT2D eigenvalue weighted by Crippen LogP contribution is 2.67. The van der Waals surface area contributed by atoms with Crippen molar-refractivity contribution in [1.29, 1.82) is 0 Å². The summed E-state index contributed by atoms with van der Waals surface area (Å²) in [6, 6.07) is 7.18. The molecular weight excluding hydrogens is 460 g/mol. The first-order valence-corrected chi connectivity index (χ1v) is 11.2. The maximum Gasteiger partial charge on any atom is 0.229 e. The first-order chi connectivity index (χ1) is 16.4. The van der Waals surface area contributed by atoms with E-state index in [2.05, 4.69) is 31.5 Å². The van der Waals surface area contributed by atoms with E-state index in [-0.39, 0.29) is 17.1 Å². The number of halogens is 1. The Labute approximate surface area is 200 Å². The Kier molecular flexibility index (Phi) is 5.56. The number of nitrogens with zero attached hydrogens (tertiary/aromatic N) is 4. The molecule has 0 bridgehead atoms. The lowest BCUT2D eigenvalue weighted by atomic mass is 9.98. The molecule has 5 N–H and O–H groups in total. The number of carbonyl (C=O) groups is 1. The molecule has 0 unspecified atom stereocenters. The summed E-state index contributed by atoms with van der Waals surface area (Å²) in [6.45, 7) is 0.433. The Balaban J connectivity index is 1.43. The summed E-state index contributed by atoms with van der Waals surface area (Å²) < 4.78 is 1.68. The number of hydrogen-bond donors (Lipinski definition) is 5. The van der Waals surface area contributed by atoms with Crippen LogP contribution in [0.5, 0.6) is 0 Å². The van der Waals surface area contributed by atoms with Gasteiger partial charge in [0.25, 0.3) is 0 Å². The third-order valence-corrected chi connectivity index (χ3v) is 7.03. The Morgan fingerprint density at radius 3 is 2.88 bits per heavy atom. The normalized spacial score (nSPS) is 27.1. The van der Waals surface area contributed by atoms with Crippen LogP contribution in [0.1, 0.15) is 23.6 Å². The molecule has 2 heterocycles. The summed E-state index contributed by atoms with van der Waals surface area (Å²) in [4.78, 5) is 25.5. The summed E-state index contributed by atoms with van der Waals surface area (Å²) in [5, 5.41) is 36.0. The quantitative estimate of drug-likeness (QED) is 0.258. The van der Waals surface area contributed by atoms with Gasteiger partial charge in [-0.2, -0.15) is 9.97 Å². The maximum atomic E-state index is 12.4. The molecule has 2 fully saturated rings. The molecule has 2 aromatic heterocycles. The Hall–Kier alpha value is -3.39. The molecule has 2 aliphatic carbocycles. The molecule has 0 spiro atoms. The van der Waals surface area contributed by atoms with E-state index in [4.69, 9.17) is 16.7 Å². The molecular formula is C23H23ClN6O4. The minimum absolute atomic E-state index is 0.00474. The molecule has 0 aliphatic heterocycles. The van der Waals surface area contributed by atoms with Crippen molar-refractivity contribution in [1.82, 2.24) is 24.8 Å². The van der Waals surface area contributed by atoms with Gasteiger partial charge in [-0.3, -0.25) is 4.79 Å². The molecule has 5 atom stereocenters. The summed E-state index contributed by atoms with van der Waals surface area (Å²) in [5.74, 6) is 2.53. The van der Waals surface area contributed by atoms with Crippen molar-refractivity contribution in [3.8, 4) is 12.0 Å². The average molecular weight is 483 g/mol. The zero-order valence-electron chi connectivity index (χ0n) is 18.2. The lowest BCUT2D eigenvalue weighted by Gasteiger charge is -2.23. The Morgan fingerprint density at radius 1 is 1.32 bits per heavy atom. The molecule has 1 amide bonds. The number of amides is 1. The van der Waals surface area contributed by atoms with Crippen LogP contribution < -0.4 is 10.6 Å². The van der Waals surface area contributed by atoms with Gasteiger partial charge in [0, 0.05) is 25.9 Å². The molecule has 0 radical (unpaired) electrons. The smallest absolute Gasteiger partial charge is 0.229 e. The molecule has 176 valence electrons. The molecule has 34 heavy (non-hydrogen) atoms. The number of aromatic nitrogens is 4. The number of imidazole rings is 1. The number of anilines is 1. The topological polar surface area (TPSA) is 145 Å². The number of hydrogen-bond acceptors (Lipinski definition) is 8. The van der Waals surface area contributed by atoms with Crippen molar-refractivity contribution in [2.24, 2.45) is 11.3 Å². The molecule has 5 rings (SSSR count). The fourth-order valence-electron chi connectivity index (χ4n) is 5.19. The number of carbonyl (C=O) groups excluding carboxylic acids is 1. The number of fused-ring (bicyclic) bond motifs is 2. The van der Waals surface area contributed by atoms with Crippen LogP contribution in [0.4, 0.5) is 5.82 Å². The number of nitrogens with one attached hydrogen (secondary N) is 2. The molecule has 2 saturated carbocycles. The lowest BCUT2D eigenvalue weighted by molar-refractivity contribution is -0.132. The highest BCUT2D eigenvalue weighted by Gasteiger charge is 2.75. The molecule has 1 aromatic carbocycles. The molecule has 2 aliphatic rings. The van der Waals surface area contributed by atoms with Crippen LogP contribution in [-0.2, 0) is 17.8 Å². The standard InChI is InChI=1S/C23H23ClN6O4/c1-25-21(34)23-9-14(23)16(17(32)18(23)33)30-11-27-15-19(28-22(24)29-20(15)30)26-10-13-5-2-4-12(8-13)6-3-7-31/h2,4-5,8,11,14,16-18,31-33H,6,9-10H2,1H3,(H,25,34)(H,26,28,29)/t14-,16-,17+,18+,23+/m1/s1. The van der Waals surface area contributed by atoms with Gasteiger partial charge in [0.15, 0.2) is 17.0 Å². The SMILES string of the molecule is CNC(=O)[C@@]12C[C@@H]1[C@@H](n1cnc3c(NCc4cccc(CC#CO)c4)nc(Cl)nc31)[C@H](O)[C@@H]2O. The van der Waals surface area contributed by atoms with Gasteiger partial charge in [-0.15, -0.1) is 0 Å². The van der Waals surface area contributed by atoms with Gasteiger partial charge < -0.3 is 30.5 Å². The number of rotatable bonds is 6. The van der Waals surface area contributed by atoms with Gasteiger partial charge >= 0.3 is 0 Å². The van der Waals surface area contributed by atoms with Gasteiger partial charge in [0.2, 0.25) is 11.2 Å². The van der Waals surface area contributed by atoms with E-state index < -0.39 is 23.7 Å². The highest BCUT2D eigenvalue weighted by molar-refractivity contribution is 6.28. The summed E-state index contributed by atoms with van der Waals surface area (Å²) in [6.07, 6.45) is 2.01. The predicted molar refractivity (Wildman–Crippen MR) is 123 cm³/mol. The Bertz CT molecular complexity index is 1330. The Morgan fingerprint density at radius 2 is 2.12 bits per heavy atom. The molecule has 3 aromatic rings. The molecule has 11 heteroatoms.